The molecule has 0 atom stereocenters. The number of hydrogen-bond acceptors (Lipinski definition) is 2. The molecule has 0 N–H and O–H groups in total. The van der Waals surface area contributed by atoms with E-state index in [1.165, 1.54) is 5.56 Å². The maximum atomic E-state index is 3.98. The van der Waals surface area contributed by atoms with E-state index in [1.54, 1.807) is 6.33 Å². The lowest BCUT2D eigenvalue weighted by Crippen LogP contribution is -1.92. The van der Waals surface area contributed by atoms with Gasteiger partial charge >= 0.3 is 0 Å². The first-order valence-corrected chi connectivity index (χ1v) is 4.96. The molecule has 0 aliphatic heterocycles. The summed E-state index contributed by atoms with van der Waals surface area (Å²) >= 11 is 3.47. The van der Waals surface area contributed by atoms with Gasteiger partial charge in [-0.05, 0) is 33.5 Å². The standard InChI is InChI=1S/C9H10BrN3/c1-6(2)7-3-8(10)9-12-11-5-13(9)4-7/h3-6H,1-2H3. The SMILES string of the molecule is CC(C)c1cc(Br)c2nncn2c1. The van der Waals surface area contributed by atoms with Gasteiger partial charge in [0, 0.05) is 6.20 Å². The van der Waals surface area contributed by atoms with Crippen LogP contribution in [0.5, 0.6) is 0 Å². The fourth-order valence-electron chi connectivity index (χ4n) is 1.23. The highest BCUT2D eigenvalue weighted by molar-refractivity contribution is 9.10. The minimum Gasteiger partial charge on any atom is -0.288 e. The molecule has 3 nitrogen and oxygen atoms in total. The number of pyridine rings is 1. The van der Waals surface area contributed by atoms with Gasteiger partial charge in [-0.2, -0.15) is 0 Å². The molecule has 0 aromatic carbocycles. The molecule has 13 heavy (non-hydrogen) atoms. The third-order valence-corrected chi connectivity index (χ3v) is 2.62. The Morgan fingerprint density at radius 2 is 2.23 bits per heavy atom. The summed E-state index contributed by atoms with van der Waals surface area (Å²) in [4.78, 5) is 0. The molecule has 4 heteroatoms. The molecule has 2 heterocycles. The number of aromatic nitrogens is 3. The van der Waals surface area contributed by atoms with E-state index in [4.69, 9.17) is 0 Å². The molecule has 2 aromatic rings. The summed E-state index contributed by atoms with van der Waals surface area (Å²) in [6.45, 7) is 4.33. The molecule has 2 rings (SSSR count). The fourth-order valence-corrected chi connectivity index (χ4v) is 1.78. The Bertz CT molecular complexity index is 433. The summed E-state index contributed by atoms with van der Waals surface area (Å²) < 4.78 is 2.93. The van der Waals surface area contributed by atoms with Crippen LogP contribution in [0.25, 0.3) is 5.65 Å². The number of nitrogens with zero attached hydrogens (tertiary/aromatic N) is 3. The van der Waals surface area contributed by atoms with Crippen LogP contribution in [0.1, 0.15) is 25.3 Å². The van der Waals surface area contributed by atoms with Crippen LogP contribution < -0.4 is 0 Å². The highest BCUT2D eigenvalue weighted by atomic mass is 79.9. The second-order valence-corrected chi connectivity index (χ2v) is 4.19. The normalized spacial score (nSPS) is 11.4. The van der Waals surface area contributed by atoms with E-state index >= 15 is 0 Å². The lowest BCUT2D eigenvalue weighted by atomic mass is 10.1. The van der Waals surface area contributed by atoms with Gasteiger partial charge < -0.3 is 0 Å². The number of hydrogen-bond donors (Lipinski definition) is 0. The van der Waals surface area contributed by atoms with Crippen molar-refractivity contribution in [3.63, 3.8) is 0 Å². The predicted molar refractivity (Wildman–Crippen MR) is 54.8 cm³/mol. The van der Waals surface area contributed by atoms with E-state index in [9.17, 15) is 0 Å². The highest BCUT2D eigenvalue weighted by Crippen LogP contribution is 2.22. The summed E-state index contributed by atoms with van der Waals surface area (Å²) in [5.74, 6) is 0.517. The lowest BCUT2D eigenvalue weighted by Gasteiger charge is -2.06. The second-order valence-electron chi connectivity index (χ2n) is 3.34. The van der Waals surface area contributed by atoms with Crippen LogP contribution in [0.15, 0.2) is 23.1 Å². The summed E-state index contributed by atoms with van der Waals surface area (Å²) in [5, 5.41) is 7.83. The average Bonchev–Trinajstić information content (AvgIpc) is 2.51. The van der Waals surface area contributed by atoms with Crippen molar-refractivity contribution < 1.29 is 0 Å². The molecule has 0 saturated carbocycles. The molecular weight excluding hydrogens is 230 g/mol. The van der Waals surface area contributed by atoms with Gasteiger partial charge in [-0.1, -0.05) is 13.8 Å². The Labute approximate surface area is 84.9 Å². The third-order valence-electron chi connectivity index (χ3n) is 2.03. The van der Waals surface area contributed by atoms with Gasteiger partial charge in [0.05, 0.1) is 4.47 Å². The smallest absolute Gasteiger partial charge is 0.174 e. The van der Waals surface area contributed by atoms with Crippen LogP contribution in [-0.2, 0) is 0 Å². The Morgan fingerprint density at radius 3 is 2.92 bits per heavy atom. The van der Waals surface area contributed by atoms with Gasteiger partial charge in [0.2, 0.25) is 0 Å². The highest BCUT2D eigenvalue weighted by Gasteiger charge is 2.05. The fraction of sp³-hybridized carbons (Fsp3) is 0.333. The van der Waals surface area contributed by atoms with E-state index in [-0.39, 0.29) is 0 Å². The third kappa shape index (κ3) is 1.46. The summed E-state index contributed by atoms with van der Waals surface area (Å²) in [6, 6.07) is 2.09. The zero-order valence-corrected chi connectivity index (χ0v) is 9.12. The van der Waals surface area contributed by atoms with E-state index < -0.39 is 0 Å². The van der Waals surface area contributed by atoms with E-state index in [0.717, 1.165) is 10.1 Å². The van der Waals surface area contributed by atoms with Gasteiger partial charge in [0.25, 0.3) is 0 Å². The maximum absolute atomic E-state index is 3.98. The van der Waals surface area contributed by atoms with Crippen LogP contribution >= 0.6 is 15.9 Å². The second kappa shape index (κ2) is 3.10. The topological polar surface area (TPSA) is 30.2 Å². The van der Waals surface area contributed by atoms with Crippen LogP contribution in [0.2, 0.25) is 0 Å². The predicted octanol–water partition coefficient (Wildman–Crippen LogP) is 2.62. The molecule has 0 fully saturated rings. The van der Waals surface area contributed by atoms with E-state index in [2.05, 4.69) is 52.2 Å². The Hall–Kier alpha value is -0.900. The zero-order chi connectivity index (χ0) is 9.42. The van der Waals surface area contributed by atoms with Crippen molar-refractivity contribution in [3.8, 4) is 0 Å². The monoisotopic (exact) mass is 239 g/mol. The molecule has 0 bridgehead atoms. The van der Waals surface area contributed by atoms with E-state index in [1.807, 2.05) is 4.40 Å². The quantitative estimate of drug-likeness (QED) is 0.766. The molecular formula is C9H10BrN3. The van der Waals surface area contributed by atoms with Crippen molar-refractivity contribution in [1.82, 2.24) is 14.6 Å². The van der Waals surface area contributed by atoms with Crippen molar-refractivity contribution in [2.75, 3.05) is 0 Å². The molecule has 68 valence electrons. The van der Waals surface area contributed by atoms with Crippen molar-refractivity contribution in [2.45, 2.75) is 19.8 Å². The average molecular weight is 240 g/mol. The molecule has 0 aliphatic carbocycles. The van der Waals surface area contributed by atoms with Crippen LogP contribution in [-0.4, -0.2) is 14.6 Å². The van der Waals surface area contributed by atoms with Crippen LogP contribution in [0.3, 0.4) is 0 Å². The first-order chi connectivity index (χ1) is 6.18. The van der Waals surface area contributed by atoms with Gasteiger partial charge in [0.1, 0.15) is 6.33 Å². The lowest BCUT2D eigenvalue weighted by molar-refractivity contribution is 0.852. The molecule has 0 unspecified atom stereocenters. The van der Waals surface area contributed by atoms with Gasteiger partial charge in [-0.3, -0.25) is 4.40 Å². The van der Waals surface area contributed by atoms with Gasteiger partial charge in [-0.15, -0.1) is 10.2 Å². The van der Waals surface area contributed by atoms with Crippen molar-refractivity contribution in [2.24, 2.45) is 0 Å². The maximum Gasteiger partial charge on any atom is 0.174 e. The Kier molecular flexibility index (Phi) is 2.07. The van der Waals surface area contributed by atoms with Gasteiger partial charge in [0.15, 0.2) is 5.65 Å². The molecule has 0 spiro atoms. The summed E-state index contributed by atoms with van der Waals surface area (Å²) in [7, 11) is 0. The summed E-state index contributed by atoms with van der Waals surface area (Å²) in [5.41, 5.74) is 2.14. The van der Waals surface area contributed by atoms with Crippen molar-refractivity contribution >= 4 is 21.6 Å². The number of fused-ring (bicyclic) bond motifs is 1. The minimum absolute atomic E-state index is 0.517. The Balaban J connectivity index is 2.70. The van der Waals surface area contributed by atoms with Crippen LogP contribution in [0, 0.1) is 0 Å². The van der Waals surface area contributed by atoms with Gasteiger partial charge in [-0.25, -0.2) is 0 Å². The van der Waals surface area contributed by atoms with Crippen LogP contribution in [0.4, 0.5) is 0 Å². The zero-order valence-electron chi connectivity index (χ0n) is 7.53. The first kappa shape index (κ1) is 8.69. The number of halogens is 1. The molecule has 0 radical (unpaired) electrons. The van der Waals surface area contributed by atoms with Crippen molar-refractivity contribution in [3.05, 3.63) is 28.6 Å². The molecule has 0 amide bonds. The first-order valence-electron chi connectivity index (χ1n) is 4.17. The van der Waals surface area contributed by atoms with Crippen molar-refractivity contribution in [1.29, 1.82) is 0 Å². The molecule has 2 aromatic heterocycles. The Morgan fingerprint density at radius 1 is 1.46 bits per heavy atom. The van der Waals surface area contributed by atoms with E-state index in [0.29, 0.717) is 5.92 Å². The minimum atomic E-state index is 0.517. The summed E-state index contributed by atoms with van der Waals surface area (Å²) in [6.07, 6.45) is 3.77. The largest absolute Gasteiger partial charge is 0.288 e. The number of rotatable bonds is 1. The molecule has 0 saturated heterocycles. The molecule has 0 aliphatic rings.